The number of aryl methyl sites for hydroxylation is 1. The summed E-state index contributed by atoms with van der Waals surface area (Å²) in [6.45, 7) is 4.59. The first-order chi connectivity index (χ1) is 8.79. The summed E-state index contributed by atoms with van der Waals surface area (Å²) in [6, 6.07) is 0.522. The molecule has 0 aromatic carbocycles. The van der Waals surface area contributed by atoms with E-state index >= 15 is 0 Å². The van der Waals surface area contributed by atoms with Gasteiger partial charge in [0.05, 0.1) is 17.9 Å². The smallest absolute Gasteiger partial charge is 0.110 e. The van der Waals surface area contributed by atoms with Gasteiger partial charge in [-0.2, -0.15) is 0 Å². The number of likely N-dealkylation sites (tertiary alicyclic amines) is 1. The van der Waals surface area contributed by atoms with Gasteiger partial charge in [0.15, 0.2) is 0 Å². The molecule has 1 aromatic rings. The van der Waals surface area contributed by atoms with E-state index in [0.717, 1.165) is 19.4 Å². The highest BCUT2D eigenvalue weighted by atomic mass is 15.2. The zero-order valence-electron chi connectivity index (χ0n) is 11.3. The Bertz CT molecular complexity index is 412. The van der Waals surface area contributed by atoms with Gasteiger partial charge in [0.2, 0.25) is 0 Å². The van der Waals surface area contributed by atoms with E-state index in [2.05, 4.69) is 22.6 Å². The van der Waals surface area contributed by atoms with E-state index in [9.17, 15) is 0 Å². The van der Waals surface area contributed by atoms with E-state index in [1.54, 1.807) is 0 Å². The Morgan fingerprint density at radius 3 is 3.00 bits per heavy atom. The van der Waals surface area contributed by atoms with Gasteiger partial charge in [-0.1, -0.05) is 13.3 Å². The topological polar surface area (TPSA) is 47.1 Å². The van der Waals surface area contributed by atoms with Gasteiger partial charge < -0.3 is 10.3 Å². The Hall–Kier alpha value is -0.870. The number of hydrogen-bond donors (Lipinski definition) is 1. The van der Waals surface area contributed by atoms with Gasteiger partial charge in [0.1, 0.15) is 5.82 Å². The summed E-state index contributed by atoms with van der Waals surface area (Å²) in [4.78, 5) is 7.42. The van der Waals surface area contributed by atoms with Crippen molar-refractivity contribution in [3.8, 4) is 0 Å². The van der Waals surface area contributed by atoms with Gasteiger partial charge in [0, 0.05) is 12.6 Å². The number of fused-ring (bicyclic) bond motifs is 1. The number of nitrogens with zero attached hydrogens (tertiary/aromatic N) is 3. The van der Waals surface area contributed by atoms with Crippen molar-refractivity contribution in [3.05, 3.63) is 17.7 Å². The molecule has 2 aliphatic heterocycles. The molecule has 0 spiro atoms. The molecule has 2 atom stereocenters. The molecule has 18 heavy (non-hydrogen) atoms. The Labute approximate surface area is 109 Å². The average Bonchev–Trinajstić information content (AvgIpc) is 2.84. The molecule has 100 valence electrons. The molecular weight excluding hydrogens is 224 g/mol. The fourth-order valence-electron chi connectivity index (χ4n) is 3.40. The molecule has 2 N–H and O–H groups in total. The third-order valence-corrected chi connectivity index (χ3v) is 4.45. The number of imidazole rings is 1. The van der Waals surface area contributed by atoms with E-state index in [-0.39, 0.29) is 6.17 Å². The van der Waals surface area contributed by atoms with Gasteiger partial charge in [-0.25, -0.2) is 4.98 Å². The van der Waals surface area contributed by atoms with E-state index < -0.39 is 0 Å². The molecule has 1 saturated heterocycles. The van der Waals surface area contributed by atoms with Gasteiger partial charge >= 0.3 is 0 Å². The highest BCUT2D eigenvalue weighted by molar-refractivity contribution is 5.12. The van der Waals surface area contributed by atoms with Crippen LogP contribution in [0.2, 0.25) is 0 Å². The molecule has 2 aliphatic rings. The van der Waals surface area contributed by atoms with Crippen LogP contribution in [0.1, 0.15) is 62.8 Å². The van der Waals surface area contributed by atoms with E-state index in [1.165, 1.54) is 43.7 Å². The number of hydrogen-bond acceptors (Lipinski definition) is 3. The van der Waals surface area contributed by atoms with E-state index in [4.69, 9.17) is 10.7 Å². The average molecular weight is 248 g/mol. The normalized spacial score (nSPS) is 29.2. The Morgan fingerprint density at radius 2 is 2.22 bits per heavy atom. The maximum Gasteiger partial charge on any atom is 0.110 e. The molecule has 4 heteroatoms. The van der Waals surface area contributed by atoms with Gasteiger partial charge in [0.25, 0.3) is 0 Å². The zero-order valence-corrected chi connectivity index (χ0v) is 11.3. The molecule has 1 aromatic heterocycles. The summed E-state index contributed by atoms with van der Waals surface area (Å²) in [5, 5.41) is 0. The maximum absolute atomic E-state index is 6.17. The van der Waals surface area contributed by atoms with Crippen molar-refractivity contribution in [2.75, 3.05) is 13.1 Å². The van der Waals surface area contributed by atoms with Crippen LogP contribution >= 0.6 is 0 Å². The molecular formula is C14H24N4. The quantitative estimate of drug-likeness (QED) is 0.873. The molecule has 3 rings (SSSR count). The first-order valence-corrected chi connectivity index (χ1v) is 7.37. The zero-order chi connectivity index (χ0) is 12.5. The summed E-state index contributed by atoms with van der Waals surface area (Å²) in [7, 11) is 0. The second kappa shape index (κ2) is 5.02. The minimum Gasteiger partial charge on any atom is -0.319 e. The highest BCUT2D eigenvalue weighted by Gasteiger charge is 2.27. The summed E-state index contributed by atoms with van der Waals surface area (Å²) < 4.78 is 2.21. The van der Waals surface area contributed by atoms with Crippen LogP contribution in [-0.2, 0) is 6.42 Å². The van der Waals surface area contributed by atoms with Crippen molar-refractivity contribution in [2.24, 2.45) is 5.73 Å². The van der Waals surface area contributed by atoms with Crippen LogP contribution in [0.15, 0.2) is 6.20 Å². The fraction of sp³-hybridized carbons (Fsp3) is 0.786. The van der Waals surface area contributed by atoms with Crippen molar-refractivity contribution in [3.63, 3.8) is 0 Å². The number of piperidine rings is 1. The largest absolute Gasteiger partial charge is 0.319 e. The lowest BCUT2D eigenvalue weighted by atomic mass is 10.00. The molecule has 4 nitrogen and oxygen atoms in total. The lowest BCUT2D eigenvalue weighted by molar-refractivity contribution is 0.154. The Morgan fingerprint density at radius 1 is 1.33 bits per heavy atom. The molecule has 0 saturated carbocycles. The molecule has 0 bridgehead atoms. The van der Waals surface area contributed by atoms with Crippen molar-refractivity contribution in [1.29, 1.82) is 0 Å². The Kier molecular flexibility index (Phi) is 3.39. The predicted molar refractivity (Wildman–Crippen MR) is 72.2 cm³/mol. The summed E-state index contributed by atoms with van der Waals surface area (Å²) in [6.07, 6.45) is 9.63. The molecule has 2 unspecified atom stereocenters. The predicted octanol–water partition coefficient (Wildman–Crippen LogP) is 2.22. The molecule has 0 aliphatic carbocycles. The van der Waals surface area contributed by atoms with Crippen LogP contribution in [0.25, 0.3) is 0 Å². The van der Waals surface area contributed by atoms with Crippen LogP contribution in [-0.4, -0.2) is 27.5 Å². The molecule has 1 fully saturated rings. The second-order valence-electron chi connectivity index (χ2n) is 5.59. The maximum atomic E-state index is 6.17. The minimum atomic E-state index is 0.147. The van der Waals surface area contributed by atoms with E-state index in [1.807, 2.05) is 0 Å². The first kappa shape index (κ1) is 12.2. The van der Waals surface area contributed by atoms with Crippen LogP contribution < -0.4 is 5.73 Å². The van der Waals surface area contributed by atoms with Gasteiger partial charge in [-0.15, -0.1) is 0 Å². The molecule has 0 amide bonds. The first-order valence-electron chi connectivity index (χ1n) is 7.37. The lowest BCUT2D eigenvalue weighted by Gasteiger charge is -2.33. The second-order valence-corrected chi connectivity index (χ2v) is 5.59. The highest BCUT2D eigenvalue weighted by Crippen LogP contribution is 2.32. The van der Waals surface area contributed by atoms with Gasteiger partial charge in [-0.05, 0) is 38.8 Å². The number of aromatic nitrogens is 2. The van der Waals surface area contributed by atoms with Crippen molar-refractivity contribution in [2.45, 2.75) is 57.7 Å². The van der Waals surface area contributed by atoms with Crippen LogP contribution in [0.3, 0.4) is 0 Å². The number of rotatable bonds is 2. The monoisotopic (exact) mass is 248 g/mol. The van der Waals surface area contributed by atoms with Crippen LogP contribution in [0.4, 0.5) is 0 Å². The third kappa shape index (κ3) is 2.08. The lowest BCUT2D eigenvalue weighted by Crippen LogP contribution is -2.33. The van der Waals surface area contributed by atoms with Crippen molar-refractivity contribution < 1.29 is 0 Å². The minimum absolute atomic E-state index is 0.147. The van der Waals surface area contributed by atoms with Crippen LogP contribution in [0, 0.1) is 0 Å². The van der Waals surface area contributed by atoms with Crippen molar-refractivity contribution in [1.82, 2.24) is 14.5 Å². The SMILES string of the molecule is CCN1CCCCC1c1cn2c(n1)CCCC2N. The van der Waals surface area contributed by atoms with E-state index in [0.29, 0.717) is 6.04 Å². The summed E-state index contributed by atoms with van der Waals surface area (Å²) >= 11 is 0. The number of nitrogens with two attached hydrogens (primary N) is 1. The van der Waals surface area contributed by atoms with Gasteiger partial charge in [-0.3, -0.25) is 4.90 Å². The standard InChI is InChI=1S/C14H24N4/c1-2-17-9-4-3-6-12(17)11-10-18-13(15)7-5-8-14(18)16-11/h10,12-13H,2-9,15H2,1H3. The third-order valence-electron chi connectivity index (χ3n) is 4.45. The molecule has 3 heterocycles. The summed E-state index contributed by atoms with van der Waals surface area (Å²) in [5.74, 6) is 1.20. The summed E-state index contributed by atoms with van der Waals surface area (Å²) in [5.41, 5.74) is 7.42. The Balaban J connectivity index is 1.87. The molecule has 0 radical (unpaired) electrons. The fourth-order valence-corrected chi connectivity index (χ4v) is 3.40. The van der Waals surface area contributed by atoms with Crippen LogP contribution in [0.5, 0.6) is 0 Å². The van der Waals surface area contributed by atoms with Crippen molar-refractivity contribution >= 4 is 0 Å².